The molecule has 1 saturated heterocycles. The SMILES string of the molecule is CCOc1nc(N2CCCC2C(N)=O)ccc1N. The van der Waals surface area contributed by atoms with Crippen LogP contribution in [0.15, 0.2) is 12.1 Å². The van der Waals surface area contributed by atoms with Gasteiger partial charge in [0, 0.05) is 6.54 Å². The van der Waals surface area contributed by atoms with Crippen LogP contribution in [0.3, 0.4) is 0 Å². The minimum atomic E-state index is -0.316. The Hall–Kier alpha value is -1.98. The fourth-order valence-electron chi connectivity index (χ4n) is 2.19. The van der Waals surface area contributed by atoms with E-state index in [1.807, 2.05) is 11.8 Å². The summed E-state index contributed by atoms with van der Waals surface area (Å²) in [4.78, 5) is 17.6. The monoisotopic (exact) mass is 250 g/mol. The number of nitrogens with zero attached hydrogens (tertiary/aromatic N) is 2. The van der Waals surface area contributed by atoms with Gasteiger partial charge in [0.05, 0.1) is 12.3 Å². The van der Waals surface area contributed by atoms with Crippen LogP contribution in [0.25, 0.3) is 0 Å². The van der Waals surface area contributed by atoms with Crippen molar-refractivity contribution < 1.29 is 9.53 Å². The van der Waals surface area contributed by atoms with Crippen LogP contribution in [0.4, 0.5) is 11.5 Å². The summed E-state index contributed by atoms with van der Waals surface area (Å²) in [5.74, 6) is 0.781. The molecule has 0 bridgehead atoms. The lowest BCUT2D eigenvalue weighted by Crippen LogP contribution is -2.40. The van der Waals surface area contributed by atoms with E-state index in [4.69, 9.17) is 16.2 Å². The third-order valence-electron chi connectivity index (χ3n) is 3.03. The van der Waals surface area contributed by atoms with Crippen molar-refractivity contribution in [3.8, 4) is 5.88 Å². The van der Waals surface area contributed by atoms with Gasteiger partial charge in [0.25, 0.3) is 0 Å². The molecule has 6 heteroatoms. The lowest BCUT2D eigenvalue weighted by molar-refractivity contribution is -0.119. The maximum atomic E-state index is 11.4. The number of amides is 1. The Morgan fingerprint density at radius 1 is 1.61 bits per heavy atom. The second kappa shape index (κ2) is 5.12. The van der Waals surface area contributed by atoms with E-state index >= 15 is 0 Å². The molecule has 6 nitrogen and oxygen atoms in total. The van der Waals surface area contributed by atoms with Crippen molar-refractivity contribution >= 4 is 17.4 Å². The highest BCUT2D eigenvalue weighted by Gasteiger charge is 2.30. The molecule has 98 valence electrons. The van der Waals surface area contributed by atoms with E-state index in [0.717, 1.165) is 19.4 Å². The molecule has 1 unspecified atom stereocenters. The molecule has 0 radical (unpaired) electrons. The van der Waals surface area contributed by atoms with Crippen LogP contribution in [0.2, 0.25) is 0 Å². The molecule has 1 amide bonds. The van der Waals surface area contributed by atoms with Gasteiger partial charge in [-0.3, -0.25) is 4.79 Å². The highest BCUT2D eigenvalue weighted by atomic mass is 16.5. The Labute approximate surface area is 106 Å². The number of ether oxygens (including phenoxy) is 1. The molecule has 0 spiro atoms. The number of carbonyl (C=O) groups is 1. The van der Waals surface area contributed by atoms with Gasteiger partial charge in [-0.25, -0.2) is 0 Å². The van der Waals surface area contributed by atoms with Crippen LogP contribution in [-0.2, 0) is 4.79 Å². The molecule has 0 aromatic carbocycles. The number of carbonyl (C=O) groups excluding carboxylic acids is 1. The summed E-state index contributed by atoms with van der Waals surface area (Å²) in [6.45, 7) is 3.14. The van der Waals surface area contributed by atoms with E-state index in [-0.39, 0.29) is 11.9 Å². The number of hydrogen-bond acceptors (Lipinski definition) is 5. The molecule has 1 fully saturated rings. The smallest absolute Gasteiger partial charge is 0.240 e. The Morgan fingerprint density at radius 3 is 3.06 bits per heavy atom. The van der Waals surface area contributed by atoms with Gasteiger partial charge in [0.1, 0.15) is 11.9 Å². The van der Waals surface area contributed by atoms with E-state index in [9.17, 15) is 4.79 Å². The van der Waals surface area contributed by atoms with Crippen molar-refractivity contribution in [1.82, 2.24) is 4.98 Å². The molecule has 0 aliphatic carbocycles. The lowest BCUT2D eigenvalue weighted by atomic mass is 10.2. The summed E-state index contributed by atoms with van der Waals surface area (Å²) in [7, 11) is 0. The lowest BCUT2D eigenvalue weighted by Gasteiger charge is -2.23. The summed E-state index contributed by atoms with van der Waals surface area (Å²) < 4.78 is 5.35. The van der Waals surface area contributed by atoms with Gasteiger partial charge in [0.15, 0.2) is 0 Å². The molecule has 2 rings (SSSR count). The zero-order valence-corrected chi connectivity index (χ0v) is 10.4. The molecule has 2 heterocycles. The number of aromatic nitrogens is 1. The van der Waals surface area contributed by atoms with Crippen molar-refractivity contribution in [2.45, 2.75) is 25.8 Å². The highest BCUT2D eigenvalue weighted by molar-refractivity contribution is 5.84. The third kappa shape index (κ3) is 2.32. The van der Waals surface area contributed by atoms with Gasteiger partial charge in [-0.2, -0.15) is 4.98 Å². The van der Waals surface area contributed by atoms with Crippen molar-refractivity contribution in [3.63, 3.8) is 0 Å². The number of rotatable bonds is 4. The van der Waals surface area contributed by atoms with Gasteiger partial charge in [-0.1, -0.05) is 0 Å². The maximum Gasteiger partial charge on any atom is 0.240 e. The Kier molecular flexibility index (Phi) is 3.55. The quantitative estimate of drug-likeness (QED) is 0.812. The molecule has 1 aromatic rings. The molecule has 18 heavy (non-hydrogen) atoms. The molecule has 1 aromatic heterocycles. The van der Waals surface area contributed by atoms with Crippen LogP contribution in [0.1, 0.15) is 19.8 Å². The predicted octanol–water partition coefficient (Wildman–Crippen LogP) is 0.517. The second-order valence-corrected chi connectivity index (χ2v) is 4.25. The molecular weight excluding hydrogens is 232 g/mol. The topological polar surface area (TPSA) is 94.5 Å². The minimum absolute atomic E-state index is 0.282. The van der Waals surface area contributed by atoms with Crippen molar-refractivity contribution in [3.05, 3.63) is 12.1 Å². The summed E-state index contributed by atoms with van der Waals surface area (Å²) in [5.41, 5.74) is 11.7. The fourth-order valence-corrected chi connectivity index (χ4v) is 2.19. The Bertz CT molecular complexity index is 450. The van der Waals surface area contributed by atoms with Crippen LogP contribution in [-0.4, -0.2) is 30.1 Å². The Morgan fingerprint density at radius 2 is 2.39 bits per heavy atom. The molecule has 1 atom stereocenters. The Balaban J connectivity index is 2.27. The summed E-state index contributed by atoms with van der Waals surface area (Å²) >= 11 is 0. The first kappa shape index (κ1) is 12.5. The number of nitrogens with two attached hydrogens (primary N) is 2. The van der Waals surface area contributed by atoms with Gasteiger partial charge < -0.3 is 21.1 Å². The minimum Gasteiger partial charge on any atom is -0.476 e. The highest BCUT2D eigenvalue weighted by Crippen LogP contribution is 2.28. The van der Waals surface area contributed by atoms with E-state index in [0.29, 0.717) is 24.0 Å². The molecule has 0 saturated carbocycles. The van der Waals surface area contributed by atoms with Crippen LogP contribution in [0.5, 0.6) is 5.88 Å². The first-order chi connectivity index (χ1) is 8.63. The average Bonchev–Trinajstić information content (AvgIpc) is 2.81. The van der Waals surface area contributed by atoms with Crippen LogP contribution in [0, 0.1) is 0 Å². The second-order valence-electron chi connectivity index (χ2n) is 4.25. The summed E-state index contributed by atoms with van der Waals surface area (Å²) in [6, 6.07) is 3.25. The van der Waals surface area contributed by atoms with Crippen molar-refractivity contribution in [2.24, 2.45) is 5.73 Å². The van der Waals surface area contributed by atoms with Crippen molar-refractivity contribution in [1.29, 1.82) is 0 Å². The number of nitrogen functional groups attached to an aromatic ring is 1. The largest absolute Gasteiger partial charge is 0.476 e. The van der Waals surface area contributed by atoms with Crippen LogP contribution >= 0.6 is 0 Å². The number of hydrogen-bond donors (Lipinski definition) is 2. The van der Waals surface area contributed by atoms with Gasteiger partial charge in [0.2, 0.25) is 11.8 Å². The average molecular weight is 250 g/mol. The zero-order valence-electron chi connectivity index (χ0n) is 10.4. The van der Waals surface area contributed by atoms with Gasteiger partial charge in [-0.05, 0) is 31.9 Å². The first-order valence-corrected chi connectivity index (χ1v) is 6.08. The van der Waals surface area contributed by atoms with E-state index in [2.05, 4.69) is 4.98 Å². The fraction of sp³-hybridized carbons (Fsp3) is 0.500. The van der Waals surface area contributed by atoms with Crippen molar-refractivity contribution in [2.75, 3.05) is 23.8 Å². The molecular formula is C12H18N4O2. The molecule has 1 aliphatic heterocycles. The number of pyridine rings is 1. The standard InChI is InChI=1S/C12H18N4O2/c1-2-18-12-8(13)5-6-10(15-12)16-7-3-4-9(16)11(14)17/h5-6,9H,2-4,7,13H2,1H3,(H2,14,17). The van der Waals surface area contributed by atoms with Crippen LogP contribution < -0.4 is 21.1 Å². The summed E-state index contributed by atoms with van der Waals surface area (Å²) in [6.07, 6.45) is 1.70. The van der Waals surface area contributed by atoms with Gasteiger partial charge >= 0.3 is 0 Å². The normalized spacial score (nSPS) is 18.9. The number of anilines is 2. The van der Waals surface area contributed by atoms with E-state index < -0.39 is 0 Å². The summed E-state index contributed by atoms with van der Waals surface area (Å²) in [5, 5.41) is 0. The van der Waals surface area contributed by atoms with E-state index in [1.165, 1.54) is 0 Å². The first-order valence-electron chi connectivity index (χ1n) is 6.08. The van der Waals surface area contributed by atoms with E-state index in [1.54, 1.807) is 12.1 Å². The third-order valence-corrected chi connectivity index (χ3v) is 3.03. The predicted molar refractivity (Wildman–Crippen MR) is 69.4 cm³/mol. The van der Waals surface area contributed by atoms with Gasteiger partial charge in [-0.15, -0.1) is 0 Å². The zero-order chi connectivity index (χ0) is 13.1. The number of primary amides is 1. The molecule has 4 N–H and O–H groups in total. The molecule has 1 aliphatic rings. The maximum absolute atomic E-state index is 11.4.